The number of nitrogens with one attached hydrogen (secondary N) is 1. The Labute approximate surface area is 192 Å². The van der Waals surface area contributed by atoms with Crippen molar-refractivity contribution in [3.05, 3.63) is 90.7 Å². The predicted molar refractivity (Wildman–Crippen MR) is 127 cm³/mol. The maximum Gasteiger partial charge on any atom is 0.286 e. The molecule has 170 valence electrons. The number of carbonyl (C=O) groups excluding carboxylic acids is 1. The number of para-hydroxylation sites is 2. The molecule has 0 aliphatic heterocycles. The van der Waals surface area contributed by atoms with Gasteiger partial charge >= 0.3 is 0 Å². The summed E-state index contributed by atoms with van der Waals surface area (Å²) in [4.78, 5) is 16.9. The Balaban J connectivity index is 1.43. The van der Waals surface area contributed by atoms with Gasteiger partial charge < -0.3 is 23.8 Å². The number of furan rings is 1. The molecule has 0 spiro atoms. The first-order valence-electron chi connectivity index (χ1n) is 10.9. The molecule has 7 nitrogen and oxygen atoms in total. The molecule has 0 saturated carbocycles. The van der Waals surface area contributed by atoms with E-state index >= 15 is 0 Å². The highest BCUT2D eigenvalue weighted by Gasteiger charge is 2.13. The molecule has 4 aromatic rings. The number of carbonyl (C=O) groups is 1. The van der Waals surface area contributed by atoms with Crippen molar-refractivity contribution < 1.29 is 18.7 Å². The smallest absolute Gasteiger partial charge is 0.286 e. The summed E-state index contributed by atoms with van der Waals surface area (Å²) in [6, 6.07) is 17.2. The van der Waals surface area contributed by atoms with Gasteiger partial charge in [-0.05, 0) is 48.4 Å². The van der Waals surface area contributed by atoms with Crippen LogP contribution in [0.3, 0.4) is 0 Å². The van der Waals surface area contributed by atoms with Gasteiger partial charge in [-0.2, -0.15) is 0 Å². The zero-order chi connectivity index (χ0) is 23.0. The molecule has 0 saturated heterocycles. The molecule has 4 rings (SSSR count). The zero-order valence-electron chi connectivity index (χ0n) is 18.6. The highest BCUT2D eigenvalue weighted by molar-refractivity contribution is 5.91. The summed E-state index contributed by atoms with van der Waals surface area (Å²) in [5, 5.41) is 2.88. The van der Waals surface area contributed by atoms with Crippen molar-refractivity contribution in [3.63, 3.8) is 0 Å². The topological polar surface area (TPSA) is 78.5 Å². The molecule has 0 unspecified atom stereocenters. The Hall–Kier alpha value is -4.00. The highest BCUT2D eigenvalue weighted by Crippen LogP contribution is 2.28. The van der Waals surface area contributed by atoms with Crippen molar-refractivity contribution in [2.75, 3.05) is 20.3 Å². The van der Waals surface area contributed by atoms with E-state index in [4.69, 9.17) is 18.9 Å². The van der Waals surface area contributed by atoms with Gasteiger partial charge in [0.05, 0.1) is 31.0 Å². The van der Waals surface area contributed by atoms with E-state index in [0.29, 0.717) is 43.4 Å². The Kier molecular flexibility index (Phi) is 7.09. The zero-order valence-corrected chi connectivity index (χ0v) is 18.6. The fourth-order valence-corrected chi connectivity index (χ4v) is 3.72. The van der Waals surface area contributed by atoms with E-state index in [0.717, 1.165) is 28.8 Å². The SMILES string of the molecule is C=CCc1ccc(OCCn2c(CCNC(=O)c3ccco3)nc3ccccc32)c(OC)c1. The van der Waals surface area contributed by atoms with E-state index in [-0.39, 0.29) is 5.91 Å². The number of allylic oxidation sites excluding steroid dienone is 1. The number of hydrogen-bond acceptors (Lipinski definition) is 5. The average molecular weight is 446 g/mol. The summed E-state index contributed by atoms with van der Waals surface area (Å²) < 4.78 is 18.8. The maximum atomic E-state index is 12.1. The van der Waals surface area contributed by atoms with Gasteiger partial charge in [-0.1, -0.05) is 24.3 Å². The normalized spacial score (nSPS) is 10.8. The number of amides is 1. The number of aromatic nitrogens is 2. The lowest BCUT2D eigenvalue weighted by molar-refractivity contribution is 0.0926. The first-order chi connectivity index (χ1) is 16.2. The summed E-state index contributed by atoms with van der Waals surface area (Å²) in [5.74, 6) is 2.34. The van der Waals surface area contributed by atoms with Gasteiger partial charge in [0.25, 0.3) is 5.91 Å². The van der Waals surface area contributed by atoms with Gasteiger partial charge in [0.15, 0.2) is 17.3 Å². The van der Waals surface area contributed by atoms with Crippen LogP contribution in [0.15, 0.2) is 77.9 Å². The molecule has 0 radical (unpaired) electrons. The van der Waals surface area contributed by atoms with Crippen LogP contribution in [0.1, 0.15) is 21.9 Å². The number of imidazole rings is 1. The van der Waals surface area contributed by atoms with Crippen LogP contribution in [-0.2, 0) is 19.4 Å². The third-order valence-corrected chi connectivity index (χ3v) is 5.29. The van der Waals surface area contributed by atoms with Crippen LogP contribution < -0.4 is 14.8 Å². The van der Waals surface area contributed by atoms with Crippen LogP contribution in [-0.4, -0.2) is 35.7 Å². The number of ether oxygens (including phenoxy) is 2. The first-order valence-corrected chi connectivity index (χ1v) is 10.9. The third kappa shape index (κ3) is 5.26. The minimum atomic E-state index is -0.238. The molecule has 1 amide bonds. The molecule has 0 aliphatic rings. The van der Waals surface area contributed by atoms with Crippen molar-refractivity contribution >= 4 is 16.9 Å². The van der Waals surface area contributed by atoms with Crippen molar-refractivity contribution in [2.45, 2.75) is 19.4 Å². The second-order valence-corrected chi connectivity index (χ2v) is 7.48. The molecule has 33 heavy (non-hydrogen) atoms. The first kappa shape index (κ1) is 22.2. The quantitative estimate of drug-likeness (QED) is 0.346. The Morgan fingerprint density at radius 1 is 1.18 bits per heavy atom. The number of hydrogen-bond donors (Lipinski definition) is 1. The Bertz CT molecular complexity index is 1230. The molecule has 0 atom stereocenters. The molecule has 7 heteroatoms. The fraction of sp³-hybridized carbons (Fsp3) is 0.231. The second-order valence-electron chi connectivity index (χ2n) is 7.48. The van der Waals surface area contributed by atoms with Crippen molar-refractivity contribution in [1.82, 2.24) is 14.9 Å². The molecule has 0 bridgehead atoms. The van der Waals surface area contributed by atoms with Gasteiger partial charge in [-0.25, -0.2) is 4.98 Å². The van der Waals surface area contributed by atoms with Crippen LogP contribution in [0.2, 0.25) is 0 Å². The molecule has 2 aromatic carbocycles. The lowest BCUT2D eigenvalue weighted by Crippen LogP contribution is -2.26. The van der Waals surface area contributed by atoms with Gasteiger partial charge in [0.1, 0.15) is 12.4 Å². The van der Waals surface area contributed by atoms with Crippen LogP contribution in [0.4, 0.5) is 0 Å². The number of nitrogens with zero attached hydrogens (tertiary/aromatic N) is 2. The van der Waals surface area contributed by atoms with E-state index in [1.165, 1.54) is 6.26 Å². The van der Waals surface area contributed by atoms with Crippen molar-refractivity contribution in [3.8, 4) is 11.5 Å². The summed E-state index contributed by atoms with van der Waals surface area (Å²) in [6.07, 6.45) is 4.70. The molecular weight excluding hydrogens is 418 g/mol. The van der Waals surface area contributed by atoms with E-state index in [2.05, 4.69) is 16.5 Å². The predicted octanol–water partition coefficient (Wildman–Crippen LogP) is 4.42. The minimum absolute atomic E-state index is 0.238. The van der Waals surface area contributed by atoms with Gasteiger partial charge in [0.2, 0.25) is 0 Å². The maximum absolute atomic E-state index is 12.1. The van der Waals surface area contributed by atoms with Crippen molar-refractivity contribution in [2.24, 2.45) is 0 Å². The van der Waals surface area contributed by atoms with Crippen LogP contribution in [0.25, 0.3) is 11.0 Å². The molecule has 1 N–H and O–H groups in total. The summed E-state index contributed by atoms with van der Waals surface area (Å²) in [6.45, 7) is 5.29. The van der Waals surface area contributed by atoms with Crippen LogP contribution in [0, 0.1) is 0 Å². The Morgan fingerprint density at radius 2 is 2.06 bits per heavy atom. The highest BCUT2D eigenvalue weighted by atomic mass is 16.5. The molecule has 2 heterocycles. The largest absolute Gasteiger partial charge is 0.493 e. The fourth-order valence-electron chi connectivity index (χ4n) is 3.72. The molecule has 0 aliphatic carbocycles. The Morgan fingerprint density at radius 3 is 2.85 bits per heavy atom. The molecular formula is C26H27N3O4. The van der Waals surface area contributed by atoms with Gasteiger partial charge in [-0.3, -0.25) is 4.79 Å². The van der Waals surface area contributed by atoms with Crippen molar-refractivity contribution in [1.29, 1.82) is 0 Å². The van der Waals surface area contributed by atoms with E-state index in [1.54, 1.807) is 19.2 Å². The van der Waals surface area contributed by atoms with E-state index in [1.807, 2.05) is 48.5 Å². The standard InChI is InChI=1S/C26H27N3O4/c1-3-7-19-11-12-22(24(18-19)31-2)33-17-15-29-21-9-5-4-8-20(21)28-25(29)13-14-27-26(30)23-10-6-16-32-23/h3-6,8-12,16,18H,1,7,13-15,17H2,2H3,(H,27,30). The van der Waals surface area contributed by atoms with Crippen LogP contribution >= 0.6 is 0 Å². The number of rotatable bonds is 11. The van der Waals surface area contributed by atoms with Gasteiger partial charge in [0, 0.05) is 13.0 Å². The average Bonchev–Trinajstić information content (AvgIpc) is 3.49. The lowest BCUT2D eigenvalue weighted by Gasteiger charge is -2.14. The summed E-state index contributed by atoms with van der Waals surface area (Å²) >= 11 is 0. The number of methoxy groups -OCH3 is 1. The van der Waals surface area contributed by atoms with E-state index in [9.17, 15) is 4.79 Å². The minimum Gasteiger partial charge on any atom is -0.493 e. The lowest BCUT2D eigenvalue weighted by atomic mass is 10.1. The van der Waals surface area contributed by atoms with Gasteiger partial charge in [-0.15, -0.1) is 6.58 Å². The number of fused-ring (bicyclic) bond motifs is 1. The van der Waals surface area contributed by atoms with E-state index < -0.39 is 0 Å². The molecule has 0 fully saturated rings. The third-order valence-electron chi connectivity index (χ3n) is 5.29. The monoisotopic (exact) mass is 445 g/mol. The second kappa shape index (κ2) is 10.5. The summed E-state index contributed by atoms with van der Waals surface area (Å²) in [5.41, 5.74) is 3.06. The molecule has 2 aromatic heterocycles. The van der Waals surface area contributed by atoms with Crippen LogP contribution in [0.5, 0.6) is 11.5 Å². The summed E-state index contributed by atoms with van der Waals surface area (Å²) in [7, 11) is 1.64. The number of benzene rings is 2.